The van der Waals surface area contributed by atoms with Crippen LogP contribution in [0, 0.1) is 23.7 Å². The molecule has 0 aromatic carbocycles. The van der Waals surface area contributed by atoms with Gasteiger partial charge < -0.3 is 10.6 Å². The molecule has 0 saturated heterocycles. The zero-order valence-corrected chi connectivity index (χ0v) is 21.9. The molecule has 0 heterocycles. The average Bonchev–Trinajstić information content (AvgIpc) is 2.74. The van der Waals surface area contributed by atoms with E-state index < -0.39 is 17.0 Å². The normalized spacial score (nSPS) is 30.1. The van der Waals surface area contributed by atoms with Gasteiger partial charge in [0, 0.05) is 0 Å². The predicted octanol–water partition coefficient (Wildman–Crippen LogP) is 8.71. The second-order valence-corrected chi connectivity index (χ2v) is 11.7. The molecule has 2 aliphatic rings. The molecule has 2 rings (SSSR count). The van der Waals surface area contributed by atoms with Crippen LogP contribution in [0.5, 0.6) is 0 Å². The summed E-state index contributed by atoms with van der Waals surface area (Å²) in [5.41, 5.74) is 0. The van der Waals surface area contributed by atoms with Crippen molar-refractivity contribution in [1.29, 1.82) is 0 Å². The summed E-state index contributed by atoms with van der Waals surface area (Å²) in [6.45, 7) is 11.6. The van der Waals surface area contributed by atoms with Gasteiger partial charge >= 0.3 is 35.6 Å². The van der Waals surface area contributed by atoms with Crippen molar-refractivity contribution in [1.82, 2.24) is 0 Å². The first-order valence-electron chi connectivity index (χ1n) is 11.8. The van der Waals surface area contributed by atoms with Crippen LogP contribution >= 0.6 is 18.6 Å². The summed E-state index contributed by atoms with van der Waals surface area (Å²) in [5, 5.41) is 9.94. The van der Waals surface area contributed by atoms with Crippen molar-refractivity contribution >= 4 is 18.6 Å². The van der Waals surface area contributed by atoms with E-state index in [1.54, 1.807) is 0 Å². The van der Waals surface area contributed by atoms with Gasteiger partial charge in [0.1, 0.15) is 0 Å². The number of rotatable bonds is 10. The molecule has 2 unspecified atom stereocenters. The van der Waals surface area contributed by atoms with E-state index in [2.05, 4.69) is 27.7 Å². The first-order valence-corrected chi connectivity index (χ1v) is 16.1. The van der Waals surface area contributed by atoms with Gasteiger partial charge in [-0.3, -0.25) is 0 Å². The molecular weight excluding hydrogens is 423 g/mol. The van der Waals surface area contributed by atoms with Crippen molar-refractivity contribution in [2.45, 2.75) is 110 Å². The summed E-state index contributed by atoms with van der Waals surface area (Å²) >= 11 is -0.556. The molecule has 2 aliphatic carbocycles. The molecule has 0 aliphatic heterocycles. The Labute approximate surface area is 192 Å². The van der Waals surface area contributed by atoms with Crippen LogP contribution in [0.25, 0.3) is 10.6 Å². The Morgan fingerprint density at radius 2 is 1.04 bits per heavy atom. The maximum atomic E-state index is 4.97. The van der Waals surface area contributed by atoms with Gasteiger partial charge in [0.15, 0.2) is 0 Å². The molecule has 166 valence electrons. The van der Waals surface area contributed by atoms with Crippen LogP contribution in [0.4, 0.5) is 0 Å². The van der Waals surface area contributed by atoms with Gasteiger partial charge in [0.25, 0.3) is 0 Å². The minimum atomic E-state index is -0.556. The Balaban J connectivity index is 0.00000122. The van der Waals surface area contributed by atoms with Gasteiger partial charge in [0.2, 0.25) is 0 Å². The molecule has 0 amide bonds. The van der Waals surface area contributed by atoms with E-state index in [0.717, 1.165) is 36.8 Å². The summed E-state index contributed by atoms with van der Waals surface area (Å²) in [7, 11) is 9.78. The fourth-order valence-corrected chi connectivity index (χ4v) is 4.99. The third-order valence-electron chi connectivity index (χ3n) is 7.47. The molecule has 2 nitrogen and oxygen atoms in total. The molecule has 0 bridgehead atoms. The summed E-state index contributed by atoms with van der Waals surface area (Å²) in [6, 6.07) is 1.32. The molecule has 2 fully saturated rings. The molecule has 2 atom stereocenters. The molecule has 5 heteroatoms. The average molecular weight is 467 g/mol. The van der Waals surface area contributed by atoms with Crippen molar-refractivity contribution in [3.05, 3.63) is 10.6 Å². The quantitative estimate of drug-likeness (QED) is 0.227. The predicted molar refractivity (Wildman–Crippen MR) is 123 cm³/mol. The van der Waals surface area contributed by atoms with Gasteiger partial charge in [-0.2, -0.15) is 13.1 Å². The Morgan fingerprint density at radius 3 is 1.32 bits per heavy atom. The van der Waals surface area contributed by atoms with Crippen LogP contribution in [0.1, 0.15) is 98.3 Å². The number of hydrogen-bond donors (Lipinski definition) is 0. The Hall–Kier alpha value is 1.21. The monoisotopic (exact) mass is 466 g/mol. The van der Waals surface area contributed by atoms with Gasteiger partial charge in [-0.05, 0) is 23.7 Å². The van der Waals surface area contributed by atoms with Crippen LogP contribution < -0.4 is 0 Å². The zero-order valence-electron chi connectivity index (χ0n) is 18.8. The second kappa shape index (κ2) is 16.9. The Bertz CT molecular complexity index is 325. The van der Waals surface area contributed by atoms with Crippen LogP contribution in [0.15, 0.2) is 0 Å². The van der Waals surface area contributed by atoms with Crippen molar-refractivity contribution in [3.8, 4) is 0 Å². The minimum absolute atomic E-state index is 0.556. The van der Waals surface area contributed by atoms with Crippen LogP contribution in [0.3, 0.4) is 0 Å². The standard InChI is InChI=1S/C23H44N2.2ClH.Ti/c1-5-18(3)20-8-12-22(13-9-20)24-16-7-17-25-23-14-10-21(11-15-23)19(4)6-2;;;/h18-23H,5-17H2,1-4H3;2*1H;/q-2;;;+2/p-2. The fourth-order valence-electron chi connectivity index (χ4n) is 4.99. The summed E-state index contributed by atoms with van der Waals surface area (Å²) in [4.78, 5) is 0. The van der Waals surface area contributed by atoms with Crippen molar-refractivity contribution in [2.75, 3.05) is 13.1 Å². The van der Waals surface area contributed by atoms with E-state index >= 15 is 0 Å². The van der Waals surface area contributed by atoms with Gasteiger partial charge in [0.05, 0.1) is 0 Å². The molecule has 0 spiro atoms. The first kappa shape index (κ1) is 27.2. The van der Waals surface area contributed by atoms with E-state index in [4.69, 9.17) is 29.2 Å². The Kier molecular flexibility index (Phi) is 16.4. The summed E-state index contributed by atoms with van der Waals surface area (Å²) in [6.07, 6.45) is 14.9. The van der Waals surface area contributed by atoms with E-state index in [0.29, 0.717) is 12.1 Å². The number of nitrogens with zero attached hydrogens (tertiary/aromatic N) is 2. The maximum absolute atomic E-state index is 4.97. The van der Waals surface area contributed by atoms with Crippen molar-refractivity contribution in [3.63, 3.8) is 0 Å². The number of hydrogen-bond acceptors (Lipinski definition) is 0. The van der Waals surface area contributed by atoms with Crippen LogP contribution in [0.2, 0.25) is 0 Å². The van der Waals surface area contributed by atoms with Crippen molar-refractivity contribution < 1.29 is 17.0 Å². The SMILES string of the molecule is CCC(C)C1CCC([N-]CCC[N-]C2CCC(C(C)CC)CC2)CC1.[Cl][Ti][Cl]. The fraction of sp³-hybridized carbons (Fsp3) is 1.00. The van der Waals surface area contributed by atoms with Crippen LogP contribution in [-0.4, -0.2) is 25.2 Å². The molecule has 0 aromatic rings. The number of halogens is 2. The summed E-state index contributed by atoms with van der Waals surface area (Å²) in [5.74, 6) is 3.76. The molecule has 0 aromatic heterocycles. The molecule has 0 N–H and O–H groups in total. The first-order chi connectivity index (χ1) is 13.5. The van der Waals surface area contributed by atoms with E-state index in [1.165, 1.54) is 70.6 Å². The summed E-state index contributed by atoms with van der Waals surface area (Å²) < 4.78 is 0. The van der Waals surface area contributed by atoms with E-state index in [1.807, 2.05) is 0 Å². The molecular formula is C23H44Cl2N2Ti-2. The molecule has 2 saturated carbocycles. The zero-order chi connectivity index (χ0) is 20.8. The molecule has 28 heavy (non-hydrogen) atoms. The third kappa shape index (κ3) is 11.0. The van der Waals surface area contributed by atoms with Gasteiger partial charge in [-0.1, -0.05) is 98.3 Å². The van der Waals surface area contributed by atoms with Crippen molar-refractivity contribution in [2.24, 2.45) is 23.7 Å². The third-order valence-corrected chi connectivity index (χ3v) is 7.47. The van der Waals surface area contributed by atoms with E-state index in [-0.39, 0.29) is 0 Å². The topological polar surface area (TPSA) is 28.2 Å². The van der Waals surface area contributed by atoms with Crippen LogP contribution in [-0.2, 0) is 17.0 Å². The molecule has 0 radical (unpaired) electrons. The Morgan fingerprint density at radius 1 is 0.714 bits per heavy atom. The van der Waals surface area contributed by atoms with Gasteiger partial charge in [-0.15, -0.1) is 12.1 Å². The van der Waals surface area contributed by atoms with E-state index in [9.17, 15) is 0 Å². The second-order valence-electron chi connectivity index (χ2n) is 9.15. The van der Waals surface area contributed by atoms with Gasteiger partial charge in [-0.25, -0.2) is 0 Å².